The molecule has 10 heavy (non-hydrogen) atoms. The summed E-state index contributed by atoms with van der Waals surface area (Å²) < 4.78 is 0. The first-order valence-corrected chi connectivity index (χ1v) is 4.33. The van der Waals surface area contributed by atoms with Gasteiger partial charge in [0, 0.05) is 11.8 Å². The van der Waals surface area contributed by atoms with Crippen LogP contribution in [0.25, 0.3) is 0 Å². The van der Waals surface area contributed by atoms with Crippen LogP contribution >= 0.6 is 0 Å². The maximum atomic E-state index is 11.4. The molecule has 0 unspecified atom stereocenters. The topological polar surface area (TPSA) is 17.1 Å². The smallest absolute Gasteiger partial charge is 0.139 e. The lowest BCUT2D eigenvalue weighted by atomic mass is 9.99. The van der Waals surface area contributed by atoms with Crippen LogP contribution in [0.2, 0.25) is 0 Å². The van der Waals surface area contributed by atoms with Gasteiger partial charge in [-0.2, -0.15) is 0 Å². The van der Waals surface area contributed by atoms with Crippen LogP contribution in [0.1, 0.15) is 39.5 Å². The lowest BCUT2D eigenvalue weighted by Gasteiger charge is -2.04. The fraction of sp³-hybridized carbons (Fsp3) is 0.889. The SMILES string of the molecule is CC[C@@H]1CC[C@@H](CC)C1=O. The number of carbonyl (C=O) groups is 1. The Bertz CT molecular complexity index is 115. The summed E-state index contributed by atoms with van der Waals surface area (Å²) in [7, 11) is 0. The van der Waals surface area contributed by atoms with Gasteiger partial charge in [0.25, 0.3) is 0 Å². The van der Waals surface area contributed by atoms with Gasteiger partial charge in [0.1, 0.15) is 5.78 Å². The second kappa shape index (κ2) is 3.18. The van der Waals surface area contributed by atoms with Gasteiger partial charge in [0.15, 0.2) is 0 Å². The average molecular weight is 140 g/mol. The van der Waals surface area contributed by atoms with Crippen LogP contribution in [-0.4, -0.2) is 5.78 Å². The molecule has 1 heteroatoms. The van der Waals surface area contributed by atoms with Gasteiger partial charge in [-0.1, -0.05) is 13.8 Å². The van der Waals surface area contributed by atoms with Gasteiger partial charge >= 0.3 is 0 Å². The van der Waals surface area contributed by atoms with Crippen LogP contribution in [-0.2, 0) is 4.79 Å². The first kappa shape index (κ1) is 7.77. The lowest BCUT2D eigenvalue weighted by molar-refractivity contribution is -0.124. The van der Waals surface area contributed by atoms with Gasteiger partial charge in [-0.3, -0.25) is 4.79 Å². The zero-order valence-corrected chi connectivity index (χ0v) is 6.89. The minimum atomic E-state index is 0.407. The molecule has 0 heterocycles. The fourth-order valence-corrected chi connectivity index (χ4v) is 1.83. The van der Waals surface area contributed by atoms with E-state index in [4.69, 9.17) is 0 Å². The van der Waals surface area contributed by atoms with Crippen LogP contribution in [0.3, 0.4) is 0 Å². The molecular weight excluding hydrogens is 124 g/mol. The summed E-state index contributed by atoms with van der Waals surface area (Å²) in [6.07, 6.45) is 4.40. The third-order valence-corrected chi connectivity index (χ3v) is 2.65. The van der Waals surface area contributed by atoms with E-state index in [1.807, 2.05) is 0 Å². The van der Waals surface area contributed by atoms with E-state index in [0.29, 0.717) is 17.6 Å². The Labute approximate surface area is 62.8 Å². The molecule has 0 aromatic heterocycles. The van der Waals surface area contributed by atoms with Gasteiger partial charge in [-0.05, 0) is 25.7 Å². The molecule has 0 bridgehead atoms. The second-order valence-electron chi connectivity index (χ2n) is 3.19. The third-order valence-electron chi connectivity index (χ3n) is 2.65. The predicted octanol–water partition coefficient (Wildman–Crippen LogP) is 2.40. The van der Waals surface area contributed by atoms with Gasteiger partial charge in [0.2, 0.25) is 0 Å². The first-order valence-electron chi connectivity index (χ1n) is 4.33. The van der Waals surface area contributed by atoms with Crippen molar-refractivity contribution in [2.75, 3.05) is 0 Å². The Morgan fingerprint density at radius 1 is 1.20 bits per heavy atom. The fourth-order valence-electron chi connectivity index (χ4n) is 1.83. The summed E-state index contributed by atoms with van der Waals surface area (Å²) in [5.74, 6) is 1.35. The molecule has 1 aliphatic rings. The summed E-state index contributed by atoms with van der Waals surface area (Å²) in [6.45, 7) is 4.22. The number of ketones is 1. The molecule has 1 fully saturated rings. The number of rotatable bonds is 2. The highest BCUT2D eigenvalue weighted by atomic mass is 16.1. The molecule has 0 saturated heterocycles. The van der Waals surface area contributed by atoms with E-state index in [9.17, 15) is 4.79 Å². The number of hydrogen-bond donors (Lipinski definition) is 0. The van der Waals surface area contributed by atoms with Crippen molar-refractivity contribution in [3.8, 4) is 0 Å². The predicted molar refractivity (Wildman–Crippen MR) is 41.8 cm³/mol. The number of carbonyl (C=O) groups excluding carboxylic acids is 1. The van der Waals surface area contributed by atoms with Crippen LogP contribution in [0, 0.1) is 11.8 Å². The van der Waals surface area contributed by atoms with E-state index in [-0.39, 0.29) is 0 Å². The largest absolute Gasteiger partial charge is 0.299 e. The molecule has 0 aliphatic heterocycles. The first-order chi connectivity index (χ1) is 4.79. The second-order valence-corrected chi connectivity index (χ2v) is 3.19. The van der Waals surface area contributed by atoms with Crippen LogP contribution in [0.15, 0.2) is 0 Å². The molecule has 0 spiro atoms. The summed E-state index contributed by atoms with van der Waals surface area (Å²) in [5, 5.41) is 0. The van der Waals surface area contributed by atoms with Gasteiger partial charge in [-0.25, -0.2) is 0 Å². The molecule has 58 valence electrons. The van der Waals surface area contributed by atoms with E-state index < -0.39 is 0 Å². The number of hydrogen-bond acceptors (Lipinski definition) is 1. The molecule has 0 radical (unpaired) electrons. The van der Waals surface area contributed by atoms with E-state index in [0.717, 1.165) is 25.7 Å². The zero-order valence-electron chi connectivity index (χ0n) is 6.89. The Kier molecular flexibility index (Phi) is 2.47. The normalized spacial score (nSPS) is 33.2. The summed E-state index contributed by atoms with van der Waals surface area (Å²) >= 11 is 0. The van der Waals surface area contributed by atoms with Crippen molar-refractivity contribution in [2.24, 2.45) is 11.8 Å². The summed E-state index contributed by atoms with van der Waals surface area (Å²) in [5.41, 5.74) is 0. The molecule has 0 amide bonds. The Hall–Kier alpha value is -0.330. The quantitative estimate of drug-likeness (QED) is 0.575. The van der Waals surface area contributed by atoms with Crippen molar-refractivity contribution in [1.29, 1.82) is 0 Å². The Morgan fingerprint density at radius 2 is 1.60 bits per heavy atom. The molecule has 1 saturated carbocycles. The van der Waals surface area contributed by atoms with Crippen molar-refractivity contribution in [2.45, 2.75) is 39.5 Å². The van der Waals surface area contributed by atoms with E-state index >= 15 is 0 Å². The molecule has 1 nitrogen and oxygen atoms in total. The standard InChI is InChI=1S/C9H16O/c1-3-7-5-6-8(4-2)9(7)10/h7-8H,3-6H2,1-2H3/t7-,8-/m1/s1. The molecule has 2 atom stereocenters. The highest BCUT2D eigenvalue weighted by Gasteiger charge is 2.30. The third kappa shape index (κ3) is 1.23. The maximum absolute atomic E-state index is 11.4. The number of Topliss-reactive ketones (excluding diaryl/α,β-unsaturated/α-hetero) is 1. The van der Waals surface area contributed by atoms with Crippen LogP contribution in [0.5, 0.6) is 0 Å². The van der Waals surface area contributed by atoms with Gasteiger partial charge < -0.3 is 0 Å². The minimum absolute atomic E-state index is 0.407. The van der Waals surface area contributed by atoms with Crippen LogP contribution in [0.4, 0.5) is 0 Å². The molecule has 0 aromatic rings. The lowest BCUT2D eigenvalue weighted by Crippen LogP contribution is -2.12. The maximum Gasteiger partial charge on any atom is 0.139 e. The molecule has 1 rings (SSSR count). The highest BCUT2D eigenvalue weighted by molar-refractivity contribution is 5.85. The minimum Gasteiger partial charge on any atom is -0.299 e. The highest BCUT2D eigenvalue weighted by Crippen LogP contribution is 2.30. The van der Waals surface area contributed by atoms with E-state index in [2.05, 4.69) is 13.8 Å². The molecule has 1 aliphatic carbocycles. The zero-order chi connectivity index (χ0) is 7.56. The molecular formula is C9H16O. The van der Waals surface area contributed by atoms with Crippen molar-refractivity contribution in [1.82, 2.24) is 0 Å². The Morgan fingerprint density at radius 3 is 1.80 bits per heavy atom. The van der Waals surface area contributed by atoms with Crippen molar-refractivity contribution >= 4 is 5.78 Å². The van der Waals surface area contributed by atoms with E-state index in [1.54, 1.807) is 0 Å². The van der Waals surface area contributed by atoms with Crippen LogP contribution < -0.4 is 0 Å². The monoisotopic (exact) mass is 140 g/mol. The molecule has 0 aromatic carbocycles. The van der Waals surface area contributed by atoms with Gasteiger partial charge in [-0.15, -0.1) is 0 Å². The Balaban J connectivity index is 2.49. The van der Waals surface area contributed by atoms with Gasteiger partial charge in [0.05, 0.1) is 0 Å². The summed E-state index contributed by atoms with van der Waals surface area (Å²) in [4.78, 5) is 11.4. The molecule has 0 N–H and O–H groups in total. The summed E-state index contributed by atoms with van der Waals surface area (Å²) in [6, 6.07) is 0. The van der Waals surface area contributed by atoms with Crippen molar-refractivity contribution in [3.05, 3.63) is 0 Å². The van der Waals surface area contributed by atoms with E-state index in [1.165, 1.54) is 0 Å². The van der Waals surface area contributed by atoms with Crippen molar-refractivity contribution in [3.63, 3.8) is 0 Å². The average Bonchev–Trinajstić information content (AvgIpc) is 2.30. The van der Waals surface area contributed by atoms with Crippen molar-refractivity contribution < 1.29 is 4.79 Å².